The lowest BCUT2D eigenvalue weighted by molar-refractivity contribution is 0.171. The molecule has 0 fully saturated rings. The summed E-state index contributed by atoms with van der Waals surface area (Å²) in [7, 11) is 1.80. The Kier molecular flexibility index (Phi) is 6.87. The number of guanidine groups is 1. The minimum atomic E-state index is 0.628. The number of nitrogens with one attached hydrogen (secondary N) is 2. The van der Waals surface area contributed by atoms with Crippen molar-refractivity contribution in [2.75, 3.05) is 33.4 Å². The average Bonchev–Trinajstić information content (AvgIpc) is 2.57. The maximum Gasteiger partial charge on any atom is 0.190 e. The molecule has 0 bridgehead atoms. The number of fused-ring (bicyclic) bond motifs is 1. The van der Waals surface area contributed by atoms with Crippen molar-refractivity contribution < 1.29 is 9.47 Å². The molecule has 1 aliphatic heterocycles. The van der Waals surface area contributed by atoms with E-state index in [1.807, 2.05) is 6.07 Å². The van der Waals surface area contributed by atoms with Crippen LogP contribution in [0.15, 0.2) is 23.2 Å². The van der Waals surface area contributed by atoms with E-state index < -0.39 is 0 Å². The van der Waals surface area contributed by atoms with Gasteiger partial charge in [0.15, 0.2) is 17.5 Å². The quantitative estimate of drug-likeness (QED) is 0.461. The van der Waals surface area contributed by atoms with E-state index in [0.717, 1.165) is 37.0 Å². The van der Waals surface area contributed by atoms with E-state index in [1.54, 1.807) is 7.05 Å². The summed E-state index contributed by atoms with van der Waals surface area (Å²) in [5.41, 5.74) is 1.23. The fourth-order valence-corrected chi connectivity index (χ4v) is 2.37. The molecule has 0 amide bonds. The third-order valence-corrected chi connectivity index (χ3v) is 3.61. The van der Waals surface area contributed by atoms with Crippen molar-refractivity contribution in [1.29, 1.82) is 0 Å². The minimum absolute atomic E-state index is 0.628. The van der Waals surface area contributed by atoms with E-state index in [4.69, 9.17) is 9.47 Å². The van der Waals surface area contributed by atoms with Crippen LogP contribution in [0.2, 0.25) is 0 Å². The smallest absolute Gasteiger partial charge is 0.190 e. The molecule has 1 aliphatic rings. The summed E-state index contributed by atoms with van der Waals surface area (Å²) in [4.78, 5) is 4.24. The van der Waals surface area contributed by atoms with Crippen LogP contribution in [0.3, 0.4) is 0 Å². The summed E-state index contributed by atoms with van der Waals surface area (Å²) in [6.45, 7) is 5.28. The number of aliphatic imine (C=N–C) groups is 1. The number of ether oxygens (including phenoxy) is 2. The molecule has 5 heteroatoms. The average molecular weight is 305 g/mol. The Morgan fingerprint density at radius 3 is 2.64 bits per heavy atom. The van der Waals surface area contributed by atoms with Crippen LogP contribution in [-0.4, -0.2) is 39.3 Å². The van der Waals surface area contributed by atoms with Gasteiger partial charge < -0.3 is 20.1 Å². The molecule has 2 rings (SSSR count). The van der Waals surface area contributed by atoms with Crippen molar-refractivity contribution in [2.24, 2.45) is 4.99 Å². The number of hydrogen-bond donors (Lipinski definition) is 2. The van der Waals surface area contributed by atoms with Crippen molar-refractivity contribution in [1.82, 2.24) is 10.6 Å². The fourth-order valence-electron chi connectivity index (χ4n) is 2.37. The molecule has 0 radical (unpaired) electrons. The molecule has 0 saturated carbocycles. The number of rotatable bonds is 7. The van der Waals surface area contributed by atoms with Gasteiger partial charge >= 0.3 is 0 Å². The van der Waals surface area contributed by atoms with E-state index in [2.05, 4.69) is 34.7 Å². The first-order valence-electron chi connectivity index (χ1n) is 8.16. The van der Waals surface area contributed by atoms with Crippen LogP contribution in [0.25, 0.3) is 0 Å². The zero-order valence-electron chi connectivity index (χ0n) is 13.7. The maximum atomic E-state index is 5.61. The molecule has 0 spiro atoms. The SMILES string of the molecule is CCCCCNC(=NC)NCCc1ccc2c(c1)OCCO2. The van der Waals surface area contributed by atoms with Gasteiger partial charge in [-0.2, -0.15) is 0 Å². The molecular formula is C17H27N3O2. The van der Waals surface area contributed by atoms with Gasteiger partial charge in [-0.25, -0.2) is 0 Å². The van der Waals surface area contributed by atoms with Crippen LogP contribution in [0.4, 0.5) is 0 Å². The third-order valence-electron chi connectivity index (χ3n) is 3.61. The normalized spacial score (nSPS) is 13.8. The second-order valence-electron chi connectivity index (χ2n) is 5.36. The lowest BCUT2D eigenvalue weighted by Crippen LogP contribution is -2.38. The van der Waals surface area contributed by atoms with E-state index in [-0.39, 0.29) is 0 Å². The van der Waals surface area contributed by atoms with E-state index in [1.165, 1.54) is 24.8 Å². The molecule has 0 saturated heterocycles. The Bertz CT molecular complexity index is 489. The van der Waals surface area contributed by atoms with E-state index in [0.29, 0.717) is 13.2 Å². The Labute approximate surface area is 133 Å². The Morgan fingerprint density at radius 1 is 1.09 bits per heavy atom. The summed E-state index contributed by atoms with van der Waals surface area (Å²) in [6, 6.07) is 6.14. The molecule has 1 aromatic carbocycles. The van der Waals surface area contributed by atoms with Gasteiger partial charge in [0, 0.05) is 20.1 Å². The largest absolute Gasteiger partial charge is 0.486 e. The highest BCUT2D eigenvalue weighted by atomic mass is 16.6. The van der Waals surface area contributed by atoms with E-state index in [9.17, 15) is 0 Å². The second-order valence-corrected chi connectivity index (χ2v) is 5.36. The van der Waals surface area contributed by atoms with Gasteiger partial charge in [0.05, 0.1) is 0 Å². The van der Waals surface area contributed by atoms with Gasteiger partial charge in [-0.05, 0) is 30.5 Å². The van der Waals surface area contributed by atoms with Gasteiger partial charge in [-0.1, -0.05) is 25.8 Å². The predicted molar refractivity (Wildman–Crippen MR) is 90.0 cm³/mol. The van der Waals surface area contributed by atoms with Crippen LogP contribution < -0.4 is 20.1 Å². The van der Waals surface area contributed by atoms with Crippen molar-refractivity contribution >= 4 is 5.96 Å². The van der Waals surface area contributed by atoms with Crippen molar-refractivity contribution in [3.63, 3.8) is 0 Å². The highest BCUT2D eigenvalue weighted by Crippen LogP contribution is 2.30. The third kappa shape index (κ3) is 5.13. The number of unbranched alkanes of at least 4 members (excludes halogenated alkanes) is 2. The van der Waals surface area contributed by atoms with Gasteiger partial charge in [0.1, 0.15) is 13.2 Å². The van der Waals surface area contributed by atoms with Crippen molar-refractivity contribution in [3.05, 3.63) is 23.8 Å². The first kappa shape index (κ1) is 16.5. The number of hydrogen-bond acceptors (Lipinski definition) is 3. The fraction of sp³-hybridized carbons (Fsp3) is 0.588. The molecule has 122 valence electrons. The molecule has 1 heterocycles. The Morgan fingerprint density at radius 2 is 1.86 bits per heavy atom. The standard InChI is InChI=1S/C17H27N3O2/c1-3-4-5-9-19-17(18-2)20-10-8-14-6-7-15-16(13-14)22-12-11-21-15/h6-7,13H,3-5,8-12H2,1-2H3,(H2,18,19,20). The highest BCUT2D eigenvalue weighted by molar-refractivity contribution is 5.79. The lowest BCUT2D eigenvalue weighted by atomic mass is 10.1. The first-order chi connectivity index (χ1) is 10.8. The zero-order valence-corrected chi connectivity index (χ0v) is 13.7. The molecule has 1 aromatic rings. The molecule has 5 nitrogen and oxygen atoms in total. The van der Waals surface area contributed by atoms with Crippen molar-refractivity contribution in [3.8, 4) is 11.5 Å². The monoisotopic (exact) mass is 305 g/mol. The summed E-state index contributed by atoms with van der Waals surface area (Å²) in [6.07, 6.45) is 4.59. The summed E-state index contributed by atoms with van der Waals surface area (Å²) in [5.74, 6) is 2.57. The summed E-state index contributed by atoms with van der Waals surface area (Å²) >= 11 is 0. The van der Waals surface area contributed by atoms with Gasteiger partial charge in [0.25, 0.3) is 0 Å². The highest BCUT2D eigenvalue weighted by Gasteiger charge is 2.11. The first-order valence-corrected chi connectivity index (χ1v) is 8.16. The second kappa shape index (κ2) is 9.18. The lowest BCUT2D eigenvalue weighted by Gasteiger charge is -2.19. The molecule has 0 unspecified atom stereocenters. The summed E-state index contributed by atoms with van der Waals surface area (Å²) < 4.78 is 11.1. The maximum absolute atomic E-state index is 5.61. The van der Waals surface area contributed by atoms with Crippen LogP contribution in [0, 0.1) is 0 Å². The molecule has 0 aliphatic carbocycles. The van der Waals surface area contributed by atoms with Crippen LogP contribution in [0.1, 0.15) is 31.7 Å². The molecule has 0 aromatic heterocycles. The van der Waals surface area contributed by atoms with Gasteiger partial charge in [-0.15, -0.1) is 0 Å². The molecule has 0 atom stereocenters. The topological polar surface area (TPSA) is 54.9 Å². The number of benzene rings is 1. The van der Waals surface area contributed by atoms with Crippen LogP contribution in [0.5, 0.6) is 11.5 Å². The molecule has 2 N–H and O–H groups in total. The van der Waals surface area contributed by atoms with Gasteiger partial charge in [-0.3, -0.25) is 4.99 Å². The Balaban J connectivity index is 1.73. The van der Waals surface area contributed by atoms with Crippen LogP contribution in [-0.2, 0) is 6.42 Å². The minimum Gasteiger partial charge on any atom is -0.486 e. The van der Waals surface area contributed by atoms with E-state index >= 15 is 0 Å². The molecular weight excluding hydrogens is 278 g/mol. The predicted octanol–water partition coefficient (Wildman–Crippen LogP) is 2.36. The molecule has 22 heavy (non-hydrogen) atoms. The number of nitrogens with zero attached hydrogens (tertiary/aromatic N) is 1. The van der Waals surface area contributed by atoms with Crippen LogP contribution >= 0.6 is 0 Å². The zero-order chi connectivity index (χ0) is 15.6. The van der Waals surface area contributed by atoms with Gasteiger partial charge in [0.2, 0.25) is 0 Å². The van der Waals surface area contributed by atoms with Crippen molar-refractivity contribution in [2.45, 2.75) is 32.6 Å². The summed E-state index contributed by atoms with van der Waals surface area (Å²) in [5, 5.41) is 6.68. The Hall–Kier alpha value is -1.91.